The van der Waals surface area contributed by atoms with E-state index in [0.29, 0.717) is 22.7 Å². The Labute approximate surface area is 175 Å². The Kier molecular flexibility index (Phi) is 6.82. The van der Waals surface area contributed by atoms with Gasteiger partial charge in [0.1, 0.15) is 5.70 Å². The van der Waals surface area contributed by atoms with Gasteiger partial charge in [-0.1, -0.05) is 72.3 Å². The minimum atomic E-state index is -0.356. The molecule has 3 aromatic rings. The smallest absolute Gasteiger partial charge is 0.268 e. The van der Waals surface area contributed by atoms with Crippen LogP contribution in [-0.4, -0.2) is 11.8 Å². The lowest BCUT2D eigenvalue weighted by molar-refractivity contribution is -0.117. The van der Waals surface area contributed by atoms with Crippen LogP contribution in [0.4, 0.5) is 0 Å². The molecule has 29 heavy (non-hydrogen) atoms. The van der Waals surface area contributed by atoms with Crippen molar-refractivity contribution in [2.45, 2.75) is 13.5 Å². The third kappa shape index (κ3) is 5.56. The van der Waals surface area contributed by atoms with Gasteiger partial charge in [-0.15, -0.1) is 0 Å². The van der Waals surface area contributed by atoms with Crippen molar-refractivity contribution in [3.05, 3.63) is 112 Å². The van der Waals surface area contributed by atoms with Crippen LogP contribution in [0.15, 0.2) is 90.6 Å². The van der Waals surface area contributed by atoms with Gasteiger partial charge in [0, 0.05) is 17.1 Å². The van der Waals surface area contributed by atoms with Crippen LogP contribution in [0.25, 0.3) is 5.57 Å². The largest absolute Gasteiger partial charge is 0.347 e. The fourth-order valence-corrected chi connectivity index (χ4v) is 2.93. The zero-order valence-corrected chi connectivity index (χ0v) is 16.7. The number of rotatable bonds is 6. The Morgan fingerprint density at radius 3 is 2.00 bits per heavy atom. The average Bonchev–Trinajstić information content (AvgIpc) is 2.77. The van der Waals surface area contributed by atoms with Crippen molar-refractivity contribution >= 4 is 29.0 Å². The first kappa shape index (κ1) is 20.4. The molecule has 0 saturated carbocycles. The molecule has 0 aliphatic carbocycles. The minimum absolute atomic E-state index is 0.206. The highest BCUT2D eigenvalue weighted by Gasteiger charge is 2.18. The second-order valence-corrected chi connectivity index (χ2v) is 6.93. The summed E-state index contributed by atoms with van der Waals surface area (Å²) in [4.78, 5) is 25.6. The molecule has 0 aliphatic rings. The summed E-state index contributed by atoms with van der Waals surface area (Å²) in [7, 11) is 0. The van der Waals surface area contributed by atoms with Gasteiger partial charge in [0.25, 0.3) is 11.8 Å². The van der Waals surface area contributed by atoms with E-state index >= 15 is 0 Å². The normalized spacial score (nSPS) is 11.4. The second-order valence-electron chi connectivity index (χ2n) is 6.50. The Bertz CT molecular complexity index is 1010. The van der Waals surface area contributed by atoms with E-state index in [-0.39, 0.29) is 17.5 Å². The van der Waals surface area contributed by atoms with Crippen LogP contribution in [0.3, 0.4) is 0 Å². The summed E-state index contributed by atoms with van der Waals surface area (Å²) >= 11 is 5.98. The van der Waals surface area contributed by atoms with Crippen molar-refractivity contribution < 1.29 is 9.59 Å². The number of allylic oxidation sites excluding steroid dienone is 1. The van der Waals surface area contributed by atoms with Crippen molar-refractivity contribution in [2.75, 3.05) is 0 Å². The maximum absolute atomic E-state index is 13.0. The molecule has 0 fully saturated rings. The molecule has 0 heterocycles. The molecule has 0 bridgehead atoms. The highest BCUT2D eigenvalue weighted by Crippen LogP contribution is 2.20. The van der Waals surface area contributed by atoms with Crippen LogP contribution in [0.1, 0.15) is 28.4 Å². The monoisotopic (exact) mass is 404 g/mol. The highest BCUT2D eigenvalue weighted by atomic mass is 35.5. The summed E-state index contributed by atoms with van der Waals surface area (Å²) in [6.45, 7) is 2.16. The zero-order valence-electron chi connectivity index (χ0n) is 16.0. The molecule has 0 saturated heterocycles. The number of hydrogen-bond acceptors (Lipinski definition) is 2. The van der Waals surface area contributed by atoms with Crippen LogP contribution in [0.5, 0.6) is 0 Å². The fraction of sp³-hybridized carbons (Fsp3) is 0.0833. The number of halogens is 1. The van der Waals surface area contributed by atoms with Gasteiger partial charge < -0.3 is 10.6 Å². The van der Waals surface area contributed by atoms with Crippen LogP contribution in [0, 0.1) is 0 Å². The number of benzene rings is 3. The molecule has 0 unspecified atom stereocenters. The molecule has 0 aliphatic heterocycles. The standard InChI is InChI=1S/C24H21ClN2O2/c1-17(19-12-14-21(25)15-13-19)22(27-23(28)20-10-6-3-7-11-20)24(29)26-16-18-8-4-2-5-9-18/h2-15H,16H2,1H3,(H,26,29)(H,27,28)/b22-17+. The second kappa shape index (κ2) is 9.71. The third-order valence-electron chi connectivity index (χ3n) is 4.45. The van der Waals surface area contributed by atoms with Crippen molar-refractivity contribution in [1.82, 2.24) is 10.6 Å². The highest BCUT2D eigenvalue weighted by molar-refractivity contribution is 6.30. The van der Waals surface area contributed by atoms with Gasteiger partial charge in [-0.05, 0) is 47.9 Å². The molecule has 0 spiro atoms. The van der Waals surface area contributed by atoms with E-state index in [0.717, 1.165) is 11.1 Å². The molecule has 146 valence electrons. The zero-order chi connectivity index (χ0) is 20.6. The van der Waals surface area contributed by atoms with Crippen LogP contribution in [0.2, 0.25) is 5.02 Å². The Balaban J connectivity index is 1.87. The molecular weight excluding hydrogens is 384 g/mol. The molecule has 0 radical (unpaired) electrons. The minimum Gasteiger partial charge on any atom is -0.347 e. The van der Waals surface area contributed by atoms with Crippen LogP contribution in [-0.2, 0) is 11.3 Å². The molecule has 3 aromatic carbocycles. The predicted octanol–water partition coefficient (Wildman–Crippen LogP) is 4.82. The first-order valence-electron chi connectivity index (χ1n) is 9.20. The lowest BCUT2D eigenvalue weighted by atomic mass is 10.0. The number of nitrogens with one attached hydrogen (secondary N) is 2. The molecule has 0 aromatic heterocycles. The Morgan fingerprint density at radius 2 is 1.38 bits per heavy atom. The van der Waals surface area contributed by atoms with Crippen LogP contribution >= 0.6 is 11.6 Å². The van der Waals surface area contributed by atoms with Gasteiger partial charge in [-0.3, -0.25) is 9.59 Å². The first-order valence-corrected chi connectivity index (χ1v) is 9.58. The lowest BCUT2D eigenvalue weighted by Gasteiger charge is -2.15. The summed E-state index contributed by atoms with van der Waals surface area (Å²) in [6.07, 6.45) is 0. The van der Waals surface area contributed by atoms with Crippen molar-refractivity contribution in [2.24, 2.45) is 0 Å². The molecule has 4 nitrogen and oxygen atoms in total. The number of amides is 2. The number of carbonyl (C=O) groups is 2. The molecule has 5 heteroatoms. The SMILES string of the molecule is C/C(=C(\NC(=O)c1ccccc1)C(=O)NCc1ccccc1)c1ccc(Cl)cc1. The molecule has 3 rings (SSSR count). The average molecular weight is 405 g/mol. The maximum Gasteiger partial charge on any atom is 0.268 e. The van der Waals surface area contributed by atoms with Crippen LogP contribution < -0.4 is 10.6 Å². The Morgan fingerprint density at radius 1 is 0.793 bits per heavy atom. The van der Waals surface area contributed by atoms with Gasteiger partial charge in [-0.2, -0.15) is 0 Å². The topological polar surface area (TPSA) is 58.2 Å². The van der Waals surface area contributed by atoms with Crippen molar-refractivity contribution in [3.63, 3.8) is 0 Å². The summed E-state index contributed by atoms with van der Waals surface area (Å²) in [5, 5.41) is 6.26. The van der Waals surface area contributed by atoms with E-state index in [1.807, 2.05) is 48.5 Å². The van der Waals surface area contributed by atoms with Gasteiger partial charge >= 0.3 is 0 Å². The first-order chi connectivity index (χ1) is 14.0. The Hall–Kier alpha value is -3.37. The predicted molar refractivity (Wildman–Crippen MR) is 116 cm³/mol. The maximum atomic E-state index is 13.0. The van der Waals surface area contributed by atoms with Crippen molar-refractivity contribution in [3.8, 4) is 0 Å². The van der Waals surface area contributed by atoms with E-state index in [9.17, 15) is 9.59 Å². The molecule has 2 N–H and O–H groups in total. The van der Waals surface area contributed by atoms with E-state index in [4.69, 9.17) is 11.6 Å². The molecular formula is C24H21ClN2O2. The molecule has 2 amide bonds. The van der Waals surface area contributed by atoms with Gasteiger partial charge in [0.15, 0.2) is 0 Å². The van der Waals surface area contributed by atoms with E-state index in [1.165, 1.54) is 0 Å². The summed E-state index contributed by atoms with van der Waals surface area (Å²) in [6, 6.07) is 25.5. The van der Waals surface area contributed by atoms with Gasteiger partial charge in [-0.25, -0.2) is 0 Å². The van der Waals surface area contributed by atoms with Gasteiger partial charge in [0.2, 0.25) is 0 Å². The van der Waals surface area contributed by atoms with E-state index in [1.54, 1.807) is 43.3 Å². The van der Waals surface area contributed by atoms with E-state index in [2.05, 4.69) is 10.6 Å². The van der Waals surface area contributed by atoms with Crippen molar-refractivity contribution in [1.29, 1.82) is 0 Å². The van der Waals surface area contributed by atoms with E-state index < -0.39 is 0 Å². The number of carbonyl (C=O) groups excluding carboxylic acids is 2. The fourth-order valence-electron chi connectivity index (χ4n) is 2.81. The molecule has 0 atom stereocenters. The quantitative estimate of drug-likeness (QED) is 0.579. The summed E-state index contributed by atoms with van der Waals surface area (Å²) in [5.41, 5.74) is 3.10. The number of hydrogen-bond donors (Lipinski definition) is 2. The third-order valence-corrected chi connectivity index (χ3v) is 4.70. The van der Waals surface area contributed by atoms with Gasteiger partial charge in [0.05, 0.1) is 0 Å². The summed E-state index contributed by atoms with van der Waals surface area (Å²) in [5.74, 6) is -0.700. The summed E-state index contributed by atoms with van der Waals surface area (Å²) < 4.78 is 0. The lowest BCUT2D eigenvalue weighted by Crippen LogP contribution is -2.35.